The molecule has 0 aliphatic heterocycles. The number of aromatic nitrogens is 4. The third-order valence-electron chi connectivity index (χ3n) is 7.28. The van der Waals surface area contributed by atoms with E-state index in [0.29, 0.717) is 54.0 Å². The van der Waals surface area contributed by atoms with Gasteiger partial charge in [-0.2, -0.15) is 10.2 Å². The van der Waals surface area contributed by atoms with E-state index in [1.807, 2.05) is 17.6 Å². The average Bonchev–Trinajstić information content (AvgIpc) is 3.17. The number of nitrogens with zero attached hydrogens (tertiary/aromatic N) is 5. The Bertz CT molecular complexity index is 1400. The van der Waals surface area contributed by atoms with Crippen molar-refractivity contribution in [3.8, 4) is 6.07 Å². The van der Waals surface area contributed by atoms with Gasteiger partial charge < -0.3 is 16.4 Å². The number of fused-ring (bicyclic) bond motifs is 1. The van der Waals surface area contributed by atoms with Crippen LogP contribution in [0.2, 0.25) is 10.0 Å². The van der Waals surface area contributed by atoms with E-state index in [2.05, 4.69) is 25.6 Å². The van der Waals surface area contributed by atoms with Crippen molar-refractivity contribution in [1.29, 1.82) is 5.26 Å². The van der Waals surface area contributed by atoms with Gasteiger partial charge in [-0.3, -0.25) is 9.36 Å². The molecule has 0 bridgehead atoms. The van der Waals surface area contributed by atoms with E-state index in [1.54, 1.807) is 0 Å². The molecule has 0 spiro atoms. The van der Waals surface area contributed by atoms with Crippen LogP contribution < -0.4 is 16.4 Å². The Morgan fingerprint density at radius 2 is 1.86 bits per heavy atom. The Hall–Kier alpha value is -3.23. The topological polar surface area (TPSA) is 135 Å². The van der Waals surface area contributed by atoms with Crippen molar-refractivity contribution in [2.45, 2.75) is 63.5 Å². The summed E-state index contributed by atoms with van der Waals surface area (Å²) in [5.74, 6) is -2.37. The number of hydrogen-bond acceptors (Lipinski definition) is 7. The lowest BCUT2D eigenvalue weighted by Gasteiger charge is -2.36. The van der Waals surface area contributed by atoms with Gasteiger partial charge in [-0.15, -0.1) is 0 Å². The lowest BCUT2D eigenvalue weighted by Crippen LogP contribution is -2.44. The van der Waals surface area contributed by atoms with Gasteiger partial charge >= 0.3 is 0 Å². The highest BCUT2D eigenvalue weighted by atomic mass is 35.5. The number of carbonyl (C=O) groups is 1. The zero-order chi connectivity index (χ0) is 26.5. The number of primary amides is 1. The molecule has 194 valence electrons. The van der Waals surface area contributed by atoms with Crippen molar-refractivity contribution in [3.63, 3.8) is 0 Å². The van der Waals surface area contributed by atoms with Crippen LogP contribution in [0, 0.1) is 16.7 Å². The number of nitrogens with one attached hydrogen (secondary N) is 2. The quantitative estimate of drug-likeness (QED) is 0.366. The van der Waals surface area contributed by atoms with Gasteiger partial charge in [0.25, 0.3) is 5.92 Å². The van der Waals surface area contributed by atoms with Crippen LogP contribution in [0.4, 0.5) is 26.4 Å². The van der Waals surface area contributed by atoms with E-state index in [9.17, 15) is 18.8 Å². The first-order valence-corrected chi connectivity index (χ1v) is 12.6. The first kappa shape index (κ1) is 25.4. The molecule has 2 aromatic heterocycles. The molecule has 0 radical (unpaired) electrons. The van der Waals surface area contributed by atoms with Crippen LogP contribution in [-0.4, -0.2) is 37.4 Å². The number of anilines is 3. The molecule has 2 fully saturated rings. The standard InChI is InChI=1S/C24H24Cl2F2N8O/c1-23(20(30)37)4-2-14(3-5-23)36-19-17(11-31-21(35-19)32-13-8-24(27,28)9-13)33-22(36)34-18-15(25)6-12(10-29)7-16(18)26/h6-7,11,13-14H,2-5,8-9H2,1H3,(H2,30,37)(H,33,34)(H,31,32,35)/t14-,23+. The van der Waals surface area contributed by atoms with E-state index in [4.69, 9.17) is 28.9 Å². The zero-order valence-electron chi connectivity index (χ0n) is 19.9. The number of halogens is 4. The second-order valence-electron chi connectivity index (χ2n) is 10.0. The van der Waals surface area contributed by atoms with Gasteiger partial charge in [0.15, 0.2) is 5.65 Å². The summed E-state index contributed by atoms with van der Waals surface area (Å²) >= 11 is 12.8. The van der Waals surface area contributed by atoms with Gasteiger partial charge in [-0.25, -0.2) is 18.7 Å². The molecule has 2 aliphatic rings. The molecule has 0 saturated heterocycles. The minimum absolute atomic E-state index is 0.0911. The zero-order valence-corrected chi connectivity index (χ0v) is 21.4. The van der Waals surface area contributed by atoms with Crippen molar-refractivity contribution < 1.29 is 13.6 Å². The highest BCUT2D eigenvalue weighted by molar-refractivity contribution is 6.39. The van der Waals surface area contributed by atoms with Gasteiger partial charge in [0.05, 0.1) is 33.6 Å². The molecule has 0 atom stereocenters. The number of carbonyl (C=O) groups excluding carboxylic acids is 1. The predicted molar refractivity (Wildman–Crippen MR) is 136 cm³/mol. The Morgan fingerprint density at radius 3 is 2.43 bits per heavy atom. The van der Waals surface area contributed by atoms with E-state index >= 15 is 0 Å². The maximum Gasteiger partial charge on any atom is 0.252 e. The molecule has 2 heterocycles. The minimum Gasteiger partial charge on any atom is -0.369 e. The fourth-order valence-corrected chi connectivity index (χ4v) is 5.54. The first-order chi connectivity index (χ1) is 17.5. The Balaban J connectivity index is 1.53. The minimum atomic E-state index is -2.67. The third-order valence-corrected chi connectivity index (χ3v) is 7.88. The summed E-state index contributed by atoms with van der Waals surface area (Å²) in [4.78, 5) is 25.5. The predicted octanol–water partition coefficient (Wildman–Crippen LogP) is 5.56. The van der Waals surface area contributed by atoms with Crippen LogP contribution in [-0.2, 0) is 4.79 Å². The van der Waals surface area contributed by atoms with Crippen molar-refractivity contribution in [3.05, 3.63) is 33.9 Å². The normalized spacial score (nSPS) is 23.3. The summed E-state index contributed by atoms with van der Waals surface area (Å²) in [6, 6.07) is 4.50. The summed E-state index contributed by atoms with van der Waals surface area (Å²) in [6.07, 6.45) is 3.41. The molecule has 1 amide bonds. The number of nitrogens with two attached hydrogens (primary N) is 1. The number of imidazole rings is 1. The van der Waals surface area contributed by atoms with Gasteiger partial charge in [-0.1, -0.05) is 30.1 Å². The van der Waals surface area contributed by atoms with E-state index in [1.165, 1.54) is 18.3 Å². The molecule has 2 aliphatic carbocycles. The number of rotatable bonds is 6. The highest BCUT2D eigenvalue weighted by Gasteiger charge is 2.45. The maximum absolute atomic E-state index is 13.3. The maximum atomic E-state index is 13.3. The smallest absolute Gasteiger partial charge is 0.252 e. The molecular formula is C24H24Cl2F2N8O. The van der Waals surface area contributed by atoms with Crippen molar-refractivity contribution in [2.24, 2.45) is 11.1 Å². The van der Waals surface area contributed by atoms with Crippen molar-refractivity contribution in [2.75, 3.05) is 10.6 Å². The number of benzene rings is 1. The SMILES string of the molecule is C[C@]1(C(N)=O)CC[C@@H](n2c(Nc3c(Cl)cc(C#N)cc3Cl)nc3cnc(NC4CC(F)(F)C4)nc32)CC1. The molecule has 4 N–H and O–H groups in total. The summed E-state index contributed by atoms with van der Waals surface area (Å²) < 4.78 is 28.5. The Labute approximate surface area is 221 Å². The molecule has 37 heavy (non-hydrogen) atoms. The summed E-state index contributed by atoms with van der Waals surface area (Å²) in [5, 5.41) is 15.8. The molecule has 1 aromatic carbocycles. The molecule has 9 nitrogen and oxygen atoms in total. The highest BCUT2D eigenvalue weighted by Crippen LogP contribution is 2.44. The van der Waals surface area contributed by atoms with Gasteiger partial charge in [0.2, 0.25) is 17.8 Å². The second-order valence-corrected chi connectivity index (χ2v) is 10.8. The van der Waals surface area contributed by atoms with Gasteiger partial charge in [0.1, 0.15) is 5.52 Å². The van der Waals surface area contributed by atoms with Crippen LogP contribution in [0.25, 0.3) is 11.2 Å². The van der Waals surface area contributed by atoms with Crippen molar-refractivity contribution in [1.82, 2.24) is 19.5 Å². The van der Waals surface area contributed by atoms with Crippen molar-refractivity contribution >= 4 is 57.9 Å². The summed E-state index contributed by atoms with van der Waals surface area (Å²) in [5.41, 5.74) is 6.72. The number of amides is 1. The molecular weight excluding hydrogens is 525 g/mol. The van der Waals surface area contributed by atoms with Crippen LogP contribution >= 0.6 is 23.2 Å². The van der Waals surface area contributed by atoms with E-state index in [-0.39, 0.29) is 40.8 Å². The molecule has 0 unspecified atom stereocenters. The monoisotopic (exact) mass is 548 g/mol. The average molecular weight is 549 g/mol. The number of hydrogen-bond donors (Lipinski definition) is 3. The summed E-state index contributed by atoms with van der Waals surface area (Å²) in [6.45, 7) is 1.87. The molecule has 5 rings (SSSR count). The largest absolute Gasteiger partial charge is 0.369 e. The molecule has 2 saturated carbocycles. The summed E-state index contributed by atoms with van der Waals surface area (Å²) in [7, 11) is 0. The Kier molecular flexibility index (Phi) is 6.36. The fourth-order valence-electron chi connectivity index (χ4n) is 4.95. The third kappa shape index (κ3) is 4.88. The lowest BCUT2D eigenvalue weighted by atomic mass is 9.73. The first-order valence-electron chi connectivity index (χ1n) is 11.8. The van der Waals surface area contributed by atoms with Crippen LogP contribution in [0.15, 0.2) is 18.3 Å². The van der Waals surface area contributed by atoms with Crippen LogP contribution in [0.3, 0.4) is 0 Å². The molecule has 13 heteroatoms. The van der Waals surface area contributed by atoms with Crippen LogP contribution in [0.5, 0.6) is 0 Å². The van der Waals surface area contributed by atoms with Gasteiger partial charge in [-0.05, 0) is 37.8 Å². The second kappa shape index (κ2) is 9.26. The molecule has 3 aromatic rings. The van der Waals surface area contributed by atoms with E-state index in [0.717, 1.165) is 0 Å². The lowest BCUT2D eigenvalue weighted by molar-refractivity contribution is -0.128. The fraction of sp³-hybridized carbons (Fsp3) is 0.458. The van der Waals surface area contributed by atoms with E-state index < -0.39 is 17.4 Å². The van der Waals surface area contributed by atoms with Gasteiger partial charge in [0, 0.05) is 30.3 Å². The number of nitriles is 1. The van der Waals surface area contributed by atoms with Crippen LogP contribution in [0.1, 0.15) is 57.1 Å². The Morgan fingerprint density at radius 1 is 1.22 bits per heavy atom. The number of alkyl halides is 2.